The van der Waals surface area contributed by atoms with Crippen LogP contribution in [-0.4, -0.2) is 66.5 Å². The van der Waals surface area contributed by atoms with Crippen LogP contribution in [0.2, 0.25) is 0 Å². The molecule has 12 heteroatoms. The van der Waals surface area contributed by atoms with E-state index in [0.29, 0.717) is 19.3 Å². The maximum Gasteiger partial charge on any atom is 0.472 e. The highest BCUT2D eigenvalue weighted by molar-refractivity contribution is 7.47. The summed E-state index contributed by atoms with van der Waals surface area (Å²) in [5.41, 5.74) is 0. The van der Waals surface area contributed by atoms with Gasteiger partial charge in [-0.1, -0.05) is 196 Å². The number of carbonyl (C=O) groups is 3. The van der Waals surface area contributed by atoms with Gasteiger partial charge in [0.05, 0.1) is 19.8 Å². The molecule has 0 radical (unpaired) electrons. The molecule has 0 bridgehead atoms. The van der Waals surface area contributed by atoms with Crippen LogP contribution >= 0.6 is 7.82 Å². The second-order valence-electron chi connectivity index (χ2n) is 19.1. The highest BCUT2D eigenvalue weighted by Gasteiger charge is 2.28. The van der Waals surface area contributed by atoms with Crippen molar-refractivity contribution in [3.05, 3.63) is 72.9 Å². The summed E-state index contributed by atoms with van der Waals surface area (Å²) in [6.45, 7) is 4.50. The molecule has 0 aromatic rings. The number of carbonyl (C=O) groups excluding carboxylic acids is 3. The highest BCUT2D eigenvalue weighted by Crippen LogP contribution is 2.43. The molecule has 0 aliphatic rings. The monoisotopic (exact) mass is 1030 g/mol. The molecule has 72 heavy (non-hydrogen) atoms. The minimum Gasteiger partial charge on any atom is -0.462 e. The molecule has 0 saturated carbocycles. The van der Waals surface area contributed by atoms with Crippen LogP contribution in [-0.2, 0) is 42.2 Å². The zero-order valence-electron chi connectivity index (χ0n) is 45.9. The number of rotatable bonds is 53. The van der Waals surface area contributed by atoms with E-state index in [2.05, 4.69) is 93.7 Å². The molecule has 0 aliphatic carbocycles. The molecular formula is C60H105O11P. The van der Waals surface area contributed by atoms with Crippen molar-refractivity contribution in [3.63, 3.8) is 0 Å². The van der Waals surface area contributed by atoms with E-state index < -0.39 is 57.8 Å². The molecule has 416 valence electrons. The Bertz CT molecular complexity index is 1490. The number of esters is 3. The largest absolute Gasteiger partial charge is 0.472 e. The summed E-state index contributed by atoms with van der Waals surface area (Å²) in [6.07, 6.45) is 60.0. The van der Waals surface area contributed by atoms with Crippen molar-refractivity contribution in [2.75, 3.05) is 26.4 Å². The topological polar surface area (TPSA) is 155 Å². The van der Waals surface area contributed by atoms with Crippen LogP contribution in [0, 0.1) is 0 Å². The van der Waals surface area contributed by atoms with Crippen LogP contribution in [0.4, 0.5) is 0 Å². The van der Waals surface area contributed by atoms with Gasteiger partial charge in [-0.25, -0.2) is 4.57 Å². The summed E-state index contributed by atoms with van der Waals surface area (Å²) in [5, 5.41) is 9.80. The van der Waals surface area contributed by atoms with Crippen molar-refractivity contribution in [2.45, 2.75) is 264 Å². The average molecular weight is 1030 g/mol. The van der Waals surface area contributed by atoms with Crippen LogP contribution < -0.4 is 0 Å². The third-order valence-electron chi connectivity index (χ3n) is 12.1. The van der Waals surface area contributed by atoms with Crippen LogP contribution in [0.3, 0.4) is 0 Å². The first kappa shape index (κ1) is 68.9. The van der Waals surface area contributed by atoms with Gasteiger partial charge in [0.25, 0.3) is 0 Å². The predicted octanol–water partition coefficient (Wildman–Crippen LogP) is 16.9. The molecule has 0 spiro atoms. The van der Waals surface area contributed by atoms with E-state index in [-0.39, 0.29) is 25.9 Å². The Hall–Kier alpha value is -3.08. The van der Waals surface area contributed by atoms with Gasteiger partial charge in [0.1, 0.15) is 12.7 Å². The second kappa shape index (κ2) is 54.2. The smallest absolute Gasteiger partial charge is 0.462 e. The van der Waals surface area contributed by atoms with Crippen molar-refractivity contribution in [2.24, 2.45) is 0 Å². The van der Waals surface area contributed by atoms with Crippen molar-refractivity contribution < 1.29 is 52.2 Å². The zero-order chi connectivity index (χ0) is 52.7. The quantitative estimate of drug-likeness (QED) is 0.0197. The molecule has 0 amide bonds. The number of hydrogen-bond acceptors (Lipinski definition) is 10. The first-order valence-corrected chi connectivity index (χ1v) is 30.3. The minimum atomic E-state index is -4.76. The summed E-state index contributed by atoms with van der Waals surface area (Å²) in [5.74, 6) is -1.50. The Morgan fingerprint density at radius 3 is 1.14 bits per heavy atom. The molecule has 2 N–H and O–H groups in total. The SMILES string of the molecule is CCC/C=C\C/C=C\CCCCCCCC(=O)OCC(COP(=O)(O)OCC(CO)OC(=O)CCCCCCC/C=C\CCCCCC)OC(=O)CCCCCCCC/C=C\C/C=C\C/C=C\CCCCC. The summed E-state index contributed by atoms with van der Waals surface area (Å²) in [6, 6.07) is 0. The van der Waals surface area contributed by atoms with Gasteiger partial charge >= 0.3 is 25.7 Å². The summed E-state index contributed by atoms with van der Waals surface area (Å²) in [4.78, 5) is 48.5. The number of unbranched alkanes of at least 4 members (excludes halogenated alkanes) is 24. The number of aliphatic hydroxyl groups excluding tert-OH is 1. The first-order valence-electron chi connectivity index (χ1n) is 28.8. The molecule has 3 atom stereocenters. The minimum absolute atomic E-state index is 0.148. The number of hydrogen-bond donors (Lipinski definition) is 2. The molecule has 0 aromatic heterocycles. The molecule has 0 rings (SSSR count). The lowest BCUT2D eigenvalue weighted by atomic mass is 10.1. The molecule has 0 aliphatic heterocycles. The van der Waals surface area contributed by atoms with Gasteiger partial charge in [-0.15, -0.1) is 0 Å². The Kier molecular flexibility index (Phi) is 51.9. The number of allylic oxidation sites excluding steroid dienone is 12. The van der Waals surface area contributed by atoms with Gasteiger partial charge in [-0.2, -0.15) is 0 Å². The molecule has 0 saturated heterocycles. The standard InChI is InChI=1S/C60H105O11P/c1-4-7-10-13-16-19-22-25-26-27-28-29-30-33-36-39-42-45-48-51-60(64)71-57(53-67-58(62)49-46-43-40-37-34-31-23-20-17-14-11-8-5-2)55-69-72(65,66)68-54-56(52-61)70-59(63)50-47-44-41-38-35-32-24-21-18-15-12-9-6-3/h11,14,16,19-21,23-26,28-29,56-57,61H,4-10,12-13,15,17-18,22,27,30-55H2,1-3H3,(H,65,66)/b14-11-,19-16-,23-20-,24-21-,26-25-,29-28-. The highest BCUT2D eigenvalue weighted by atomic mass is 31.2. The van der Waals surface area contributed by atoms with E-state index in [9.17, 15) is 28.9 Å². The normalized spacial score (nSPS) is 13.9. The predicted molar refractivity (Wildman–Crippen MR) is 298 cm³/mol. The Morgan fingerprint density at radius 2 is 0.708 bits per heavy atom. The first-order chi connectivity index (χ1) is 35.2. The van der Waals surface area contributed by atoms with E-state index in [1.807, 2.05) is 0 Å². The maximum absolute atomic E-state index is 12.9. The van der Waals surface area contributed by atoms with Crippen LogP contribution in [0.15, 0.2) is 72.9 Å². The molecule has 0 aromatic carbocycles. The van der Waals surface area contributed by atoms with Crippen LogP contribution in [0.1, 0.15) is 252 Å². The molecule has 11 nitrogen and oxygen atoms in total. The van der Waals surface area contributed by atoms with Gasteiger partial charge in [0.15, 0.2) is 6.10 Å². The van der Waals surface area contributed by atoms with E-state index in [1.54, 1.807) is 0 Å². The van der Waals surface area contributed by atoms with Gasteiger partial charge < -0.3 is 24.2 Å². The Morgan fingerprint density at radius 1 is 0.389 bits per heavy atom. The summed E-state index contributed by atoms with van der Waals surface area (Å²) in [7, 11) is -4.76. The molecular weight excluding hydrogens is 928 g/mol. The van der Waals surface area contributed by atoms with E-state index in [0.717, 1.165) is 135 Å². The van der Waals surface area contributed by atoms with Crippen molar-refractivity contribution in [3.8, 4) is 0 Å². The van der Waals surface area contributed by atoms with E-state index in [1.165, 1.54) is 57.8 Å². The van der Waals surface area contributed by atoms with Gasteiger partial charge in [0, 0.05) is 19.3 Å². The third kappa shape index (κ3) is 51.8. The number of phosphoric ester groups is 1. The van der Waals surface area contributed by atoms with Gasteiger partial charge in [0.2, 0.25) is 0 Å². The maximum atomic E-state index is 12.9. The second-order valence-corrected chi connectivity index (χ2v) is 20.5. The van der Waals surface area contributed by atoms with Crippen LogP contribution in [0.25, 0.3) is 0 Å². The van der Waals surface area contributed by atoms with E-state index in [4.69, 9.17) is 23.3 Å². The average Bonchev–Trinajstić information content (AvgIpc) is 3.37. The van der Waals surface area contributed by atoms with Crippen molar-refractivity contribution in [1.82, 2.24) is 0 Å². The van der Waals surface area contributed by atoms with Crippen LogP contribution in [0.5, 0.6) is 0 Å². The number of ether oxygens (including phenoxy) is 3. The Balaban J connectivity index is 4.76. The van der Waals surface area contributed by atoms with Crippen molar-refractivity contribution in [1.29, 1.82) is 0 Å². The fourth-order valence-electron chi connectivity index (χ4n) is 7.63. The fourth-order valence-corrected chi connectivity index (χ4v) is 8.41. The lowest BCUT2D eigenvalue weighted by molar-refractivity contribution is -0.161. The number of aliphatic hydroxyl groups is 1. The lowest BCUT2D eigenvalue weighted by Gasteiger charge is -2.21. The lowest BCUT2D eigenvalue weighted by Crippen LogP contribution is -2.30. The molecule has 0 fully saturated rings. The zero-order valence-corrected chi connectivity index (χ0v) is 46.8. The number of phosphoric acid groups is 1. The third-order valence-corrected chi connectivity index (χ3v) is 13.0. The summed E-state index contributed by atoms with van der Waals surface area (Å²) < 4.78 is 39.5. The Labute approximate surface area is 439 Å². The summed E-state index contributed by atoms with van der Waals surface area (Å²) >= 11 is 0. The fraction of sp³-hybridized carbons (Fsp3) is 0.750. The van der Waals surface area contributed by atoms with E-state index >= 15 is 0 Å². The molecule has 3 unspecified atom stereocenters. The van der Waals surface area contributed by atoms with Gasteiger partial charge in [-0.05, 0) is 109 Å². The van der Waals surface area contributed by atoms with Crippen molar-refractivity contribution >= 4 is 25.7 Å². The molecule has 0 heterocycles. The van der Waals surface area contributed by atoms with Gasteiger partial charge in [-0.3, -0.25) is 23.4 Å².